The molecular weight excluding hydrogens is 530 g/mol. The van der Waals surface area contributed by atoms with E-state index in [4.69, 9.17) is 0 Å². The first-order valence-electron chi connectivity index (χ1n) is 15.2. The Morgan fingerprint density at radius 1 is 0.488 bits per heavy atom. The van der Waals surface area contributed by atoms with Crippen molar-refractivity contribution in [3.05, 3.63) is 101 Å². The number of aryl methyl sites for hydroxylation is 5. The van der Waals surface area contributed by atoms with Gasteiger partial charge in [0.25, 0.3) is 0 Å². The van der Waals surface area contributed by atoms with Crippen molar-refractivity contribution in [1.82, 2.24) is 0 Å². The number of azo groups is 3. The van der Waals surface area contributed by atoms with Gasteiger partial charge in [-0.1, -0.05) is 25.5 Å². The van der Waals surface area contributed by atoms with E-state index in [2.05, 4.69) is 80.6 Å². The number of hydrogen-bond donors (Lipinski definition) is 0. The lowest BCUT2D eigenvalue weighted by Gasteiger charge is -2.20. The van der Waals surface area contributed by atoms with E-state index in [9.17, 15) is 0 Å². The van der Waals surface area contributed by atoms with Crippen LogP contribution < -0.4 is 4.90 Å². The Balaban J connectivity index is 1.45. The van der Waals surface area contributed by atoms with Crippen molar-refractivity contribution in [3.8, 4) is 0 Å². The van der Waals surface area contributed by atoms with Crippen LogP contribution in [0.5, 0.6) is 0 Å². The van der Waals surface area contributed by atoms with Crippen LogP contribution in [0.4, 0.5) is 39.8 Å². The van der Waals surface area contributed by atoms with Crippen molar-refractivity contribution < 1.29 is 0 Å². The fourth-order valence-electron chi connectivity index (χ4n) is 4.76. The molecule has 0 unspecified atom stereocenters. The van der Waals surface area contributed by atoms with Crippen molar-refractivity contribution in [3.63, 3.8) is 0 Å². The van der Waals surface area contributed by atoms with E-state index in [0.29, 0.717) is 0 Å². The van der Waals surface area contributed by atoms with Gasteiger partial charge in [-0.2, -0.15) is 30.7 Å². The van der Waals surface area contributed by atoms with E-state index in [0.717, 1.165) is 75.9 Å². The quantitative estimate of drug-likeness (QED) is 0.155. The van der Waals surface area contributed by atoms with E-state index in [1.54, 1.807) is 0 Å². The summed E-state index contributed by atoms with van der Waals surface area (Å²) in [5.74, 6) is 0. The molecule has 0 fully saturated rings. The second kappa shape index (κ2) is 15.1. The maximum Gasteiger partial charge on any atom is 0.0890 e. The zero-order valence-electron chi connectivity index (χ0n) is 26.6. The normalized spacial score (nSPS) is 11.8. The molecule has 4 aromatic carbocycles. The maximum atomic E-state index is 4.59. The highest BCUT2D eigenvalue weighted by Gasteiger charge is 2.08. The van der Waals surface area contributed by atoms with Gasteiger partial charge in [-0.15, -0.1) is 0 Å². The Bertz CT molecular complexity index is 1600. The molecule has 0 amide bonds. The van der Waals surface area contributed by atoms with Crippen LogP contribution in [0.1, 0.15) is 61.4 Å². The zero-order valence-corrected chi connectivity index (χ0v) is 26.6. The van der Waals surface area contributed by atoms with Gasteiger partial charge in [0, 0.05) is 18.8 Å². The molecule has 0 spiro atoms. The molecule has 0 atom stereocenters. The Labute approximate surface area is 256 Å². The van der Waals surface area contributed by atoms with Gasteiger partial charge < -0.3 is 4.90 Å². The zero-order chi connectivity index (χ0) is 30.8. The van der Waals surface area contributed by atoms with E-state index in [-0.39, 0.29) is 0 Å². The third-order valence-electron chi connectivity index (χ3n) is 7.57. The molecule has 0 aliphatic heterocycles. The summed E-state index contributed by atoms with van der Waals surface area (Å²) < 4.78 is 0. The van der Waals surface area contributed by atoms with Crippen molar-refractivity contribution in [2.45, 2.75) is 67.7 Å². The molecular formula is C36H43N7. The summed E-state index contributed by atoms with van der Waals surface area (Å²) in [6, 6.07) is 24.6. The standard InChI is InChI=1S/C36H43N7/c1-8-11-12-29-13-15-30(16-14-29)37-39-33-21-27(6)35(23-25(33)4)41-42-36-24-26(5)34(22-28(36)7)40-38-31-17-19-32(20-18-31)43(9-2)10-3/h13-24H,8-12H2,1-7H3. The predicted molar refractivity (Wildman–Crippen MR) is 179 cm³/mol. The van der Waals surface area contributed by atoms with Gasteiger partial charge in [-0.25, -0.2) is 0 Å². The number of anilines is 1. The number of hydrogen-bond acceptors (Lipinski definition) is 7. The number of rotatable bonds is 12. The van der Waals surface area contributed by atoms with Gasteiger partial charge in [-0.3, -0.25) is 0 Å². The Morgan fingerprint density at radius 3 is 1.23 bits per heavy atom. The largest absolute Gasteiger partial charge is 0.372 e. The van der Waals surface area contributed by atoms with E-state index >= 15 is 0 Å². The summed E-state index contributed by atoms with van der Waals surface area (Å²) in [5.41, 5.74) is 11.4. The lowest BCUT2D eigenvalue weighted by atomic mass is 10.1. The van der Waals surface area contributed by atoms with Gasteiger partial charge in [0.2, 0.25) is 0 Å². The Hall–Kier alpha value is -4.52. The molecule has 0 N–H and O–H groups in total. The van der Waals surface area contributed by atoms with Crippen LogP contribution in [-0.4, -0.2) is 13.1 Å². The summed E-state index contributed by atoms with van der Waals surface area (Å²) in [5, 5.41) is 27.1. The first kappa shape index (κ1) is 31.4. The molecule has 0 aliphatic carbocycles. The molecule has 0 heterocycles. The third-order valence-corrected chi connectivity index (χ3v) is 7.57. The summed E-state index contributed by atoms with van der Waals surface area (Å²) in [4.78, 5) is 2.30. The van der Waals surface area contributed by atoms with Crippen LogP contribution in [0.25, 0.3) is 0 Å². The molecule has 0 aliphatic rings. The molecule has 7 nitrogen and oxygen atoms in total. The molecule has 0 aromatic heterocycles. The van der Waals surface area contributed by atoms with Gasteiger partial charge in [-0.05, 0) is 143 Å². The Kier molecular flexibility index (Phi) is 11.0. The van der Waals surface area contributed by atoms with Gasteiger partial charge in [0.05, 0.1) is 34.1 Å². The molecule has 43 heavy (non-hydrogen) atoms. The molecule has 0 radical (unpaired) electrons. The topological polar surface area (TPSA) is 77.4 Å². The van der Waals surface area contributed by atoms with Crippen LogP contribution in [0, 0.1) is 27.7 Å². The van der Waals surface area contributed by atoms with Crippen LogP contribution in [0.15, 0.2) is 103 Å². The van der Waals surface area contributed by atoms with E-state index in [1.165, 1.54) is 24.1 Å². The third kappa shape index (κ3) is 8.51. The van der Waals surface area contributed by atoms with Crippen LogP contribution in [0.2, 0.25) is 0 Å². The molecule has 0 bridgehead atoms. The van der Waals surface area contributed by atoms with Crippen molar-refractivity contribution in [1.29, 1.82) is 0 Å². The first-order valence-corrected chi connectivity index (χ1v) is 15.2. The highest BCUT2D eigenvalue weighted by molar-refractivity contribution is 5.61. The minimum Gasteiger partial charge on any atom is -0.372 e. The molecule has 4 rings (SSSR count). The van der Waals surface area contributed by atoms with Gasteiger partial charge >= 0.3 is 0 Å². The molecule has 222 valence electrons. The highest BCUT2D eigenvalue weighted by Crippen LogP contribution is 2.34. The fourth-order valence-corrected chi connectivity index (χ4v) is 4.76. The second-order valence-electron chi connectivity index (χ2n) is 10.9. The number of nitrogens with zero attached hydrogens (tertiary/aromatic N) is 7. The summed E-state index contributed by atoms with van der Waals surface area (Å²) in [7, 11) is 0. The lowest BCUT2D eigenvalue weighted by molar-refractivity contribution is 0.795. The number of benzene rings is 4. The average Bonchev–Trinajstić information content (AvgIpc) is 3.01. The minimum absolute atomic E-state index is 0.809. The summed E-state index contributed by atoms with van der Waals surface area (Å²) >= 11 is 0. The lowest BCUT2D eigenvalue weighted by Crippen LogP contribution is -2.21. The summed E-state index contributed by atoms with van der Waals surface area (Å²) in [6.45, 7) is 16.6. The van der Waals surface area contributed by atoms with Crippen molar-refractivity contribution in [2.24, 2.45) is 30.7 Å². The molecule has 7 heteroatoms. The first-order chi connectivity index (χ1) is 20.8. The summed E-state index contributed by atoms with van der Waals surface area (Å²) in [6.07, 6.45) is 3.50. The predicted octanol–water partition coefficient (Wildman–Crippen LogP) is 12.4. The van der Waals surface area contributed by atoms with Gasteiger partial charge in [0.1, 0.15) is 0 Å². The SMILES string of the molecule is CCCCc1ccc(N=Nc2cc(C)c(N=Nc3cc(C)c(N=Nc4ccc(N(CC)CC)cc4)cc3C)cc2C)cc1. The van der Waals surface area contributed by atoms with E-state index < -0.39 is 0 Å². The molecule has 0 saturated heterocycles. The smallest absolute Gasteiger partial charge is 0.0890 e. The Morgan fingerprint density at radius 2 is 0.860 bits per heavy atom. The average molecular weight is 574 g/mol. The van der Waals surface area contributed by atoms with Crippen molar-refractivity contribution >= 4 is 39.8 Å². The van der Waals surface area contributed by atoms with Crippen molar-refractivity contribution in [2.75, 3.05) is 18.0 Å². The maximum absolute atomic E-state index is 4.59. The minimum atomic E-state index is 0.809. The van der Waals surface area contributed by atoms with Crippen LogP contribution >= 0.6 is 0 Å². The fraction of sp³-hybridized carbons (Fsp3) is 0.333. The van der Waals surface area contributed by atoms with E-state index in [1.807, 2.05) is 76.2 Å². The van der Waals surface area contributed by atoms with Gasteiger partial charge in [0.15, 0.2) is 0 Å². The molecule has 0 saturated carbocycles. The molecule has 4 aromatic rings. The van der Waals surface area contributed by atoms with Crippen LogP contribution in [0.3, 0.4) is 0 Å². The number of unbranched alkanes of at least 4 members (excludes halogenated alkanes) is 1. The second-order valence-corrected chi connectivity index (χ2v) is 10.9. The highest BCUT2D eigenvalue weighted by atomic mass is 15.1. The monoisotopic (exact) mass is 573 g/mol. The van der Waals surface area contributed by atoms with Crippen LogP contribution in [-0.2, 0) is 6.42 Å².